The van der Waals surface area contributed by atoms with Gasteiger partial charge in [0.25, 0.3) is 0 Å². The van der Waals surface area contributed by atoms with E-state index >= 15 is 0 Å². The second-order valence-electron chi connectivity index (χ2n) is 5.66. The van der Waals surface area contributed by atoms with Crippen molar-refractivity contribution in [1.29, 1.82) is 0 Å². The van der Waals surface area contributed by atoms with Crippen molar-refractivity contribution in [3.05, 3.63) is 0 Å². The quantitative estimate of drug-likeness (QED) is 0.600. The van der Waals surface area contributed by atoms with Crippen molar-refractivity contribution in [1.82, 2.24) is 0 Å². The third kappa shape index (κ3) is 0.567. The van der Waals surface area contributed by atoms with Gasteiger partial charge in [0.1, 0.15) is 5.78 Å². The van der Waals surface area contributed by atoms with Crippen LogP contribution in [-0.2, 0) is 4.79 Å². The molecule has 6 atom stereocenters. The molecule has 1 N–H and O–H groups in total. The first-order valence-electron chi connectivity index (χ1n) is 5.44. The standard InChI is InChI=1S/C11H14O2/c12-8-2-5-1-6-3-11(13)4-7(6)9(5)10(8)11/h5-7,9-10,13H,1-4H2/t5-,6+,7-,9+,10+,11+/m1/s1. The summed E-state index contributed by atoms with van der Waals surface area (Å²) in [7, 11) is 0. The van der Waals surface area contributed by atoms with Crippen LogP contribution in [0.2, 0.25) is 0 Å². The SMILES string of the molecule is O=C1C[C@H]2C[C@H]3C[C@]4(O)C[C@H]3[C@H]2[C@H]14. The molecule has 0 heterocycles. The average Bonchev–Trinajstić information content (AvgIpc) is 2.61. The molecule has 2 bridgehead atoms. The number of rotatable bonds is 0. The molecule has 4 aliphatic carbocycles. The highest BCUT2D eigenvalue weighted by molar-refractivity contribution is 5.86. The molecule has 0 aromatic rings. The third-order valence-electron chi connectivity index (χ3n) is 5.23. The Morgan fingerprint density at radius 1 is 1.31 bits per heavy atom. The van der Waals surface area contributed by atoms with E-state index in [-0.39, 0.29) is 5.92 Å². The highest BCUT2D eigenvalue weighted by Crippen LogP contribution is 2.70. The van der Waals surface area contributed by atoms with Gasteiger partial charge in [-0.1, -0.05) is 0 Å². The summed E-state index contributed by atoms with van der Waals surface area (Å²) in [4.78, 5) is 11.7. The maximum absolute atomic E-state index is 11.7. The fraction of sp³-hybridized carbons (Fsp3) is 0.909. The molecule has 70 valence electrons. The first-order valence-corrected chi connectivity index (χ1v) is 5.44. The minimum absolute atomic E-state index is 0.0567. The van der Waals surface area contributed by atoms with Crippen molar-refractivity contribution in [3.63, 3.8) is 0 Å². The monoisotopic (exact) mass is 178 g/mol. The number of hydrogen-bond acceptors (Lipinski definition) is 2. The van der Waals surface area contributed by atoms with Gasteiger partial charge in [0.05, 0.1) is 5.60 Å². The number of aliphatic hydroxyl groups is 1. The molecule has 4 rings (SSSR count). The summed E-state index contributed by atoms with van der Waals surface area (Å²) >= 11 is 0. The van der Waals surface area contributed by atoms with Crippen LogP contribution < -0.4 is 0 Å². The molecule has 4 aliphatic rings. The zero-order chi connectivity index (χ0) is 8.79. The molecule has 0 aromatic carbocycles. The summed E-state index contributed by atoms with van der Waals surface area (Å²) in [6.07, 6.45) is 3.89. The Kier molecular flexibility index (Phi) is 0.926. The summed E-state index contributed by atoms with van der Waals surface area (Å²) in [6, 6.07) is 0. The van der Waals surface area contributed by atoms with Gasteiger partial charge in [-0.2, -0.15) is 0 Å². The van der Waals surface area contributed by atoms with Gasteiger partial charge in [-0.3, -0.25) is 4.79 Å². The van der Waals surface area contributed by atoms with E-state index in [0.717, 1.165) is 25.2 Å². The highest BCUT2D eigenvalue weighted by atomic mass is 16.3. The van der Waals surface area contributed by atoms with Crippen molar-refractivity contribution in [3.8, 4) is 0 Å². The minimum atomic E-state index is -0.553. The maximum Gasteiger partial charge on any atom is 0.139 e. The topological polar surface area (TPSA) is 37.3 Å². The van der Waals surface area contributed by atoms with E-state index < -0.39 is 5.60 Å². The van der Waals surface area contributed by atoms with Gasteiger partial charge in [-0.25, -0.2) is 0 Å². The molecule has 2 nitrogen and oxygen atoms in total. The van der Waals surface area contributed by atoms with Crippen LogP contribution in [0.3, 0.4) is 0 Å². The normalized spacial score (nSPS) is 66.8. The molecule has 4 fully saturated rings. The molecule has 4 saturated carbocycles. The summed E-state index contributed by atoms with van der Waals surface area (Å²) in [5.74, 6) is 3.16. The first-order chi connectivity index (χ1) is 6.19. The van der Waals surface area contributed by atoms with Crippen LogP contribution in [0.1, 0.15) is 25.7 Å². The summed E-state index contributed by atoms with van der Waals surface area (Å²) in [5.41, 5.74) is -0.553. The summed E-state index contributed by atoms with van der Waals surface area (Å²) in [5, 5.41) is 10.4. The Morgan fingerprint density at radius 2 is 2.15 bits per heavy atom. The molecule has 0 spiro atoms. The summed E-state index contributed by atoms with van der Waals surface area (Å²) in [6.45, 7) is 0. The summed E-state index contributed by atoms with van der Waals surface area (Å²) < 4.78 is 0. The second-order valence-corrected chi connectivity index (χ2v) is 5.66. The van der Waals surface area contributed by atoms with E-state index in [2.05, 4.69) is 0 Å². The number of carbonyl (C=O) groups excluding carboxylic acids is 1. The van der Waals surface area contributed by atoms with Crippen LogP contribution in [0.4, 0.5) is 0 Å². The zero-order valence-corrected chi connectivity index (χ0v) is 7.57. The van der Waals surface area contributed by atoms with Gasteiger partial charge >= 0.3 is 0 Å². The van der Waals surface area contributed by atoms with Crippen molar-refractivity contribution in [2.45, 2.75) is 31.3 Å². The van der Waals surface area contributed by atoms with Gasteiger partial charge in [0.15, 0.2) is 0 Å². The van der Waals surface area contributed by atoms with Crippen LogP contribution in [0.5, 0.6) is 0 Å². The molecule has 0 aliphatic heterocycles. The molecule has 0 radical (unpaired) electrons. The zero-order valence-electron chi connectivity index (χ0n) is 7.57. The lowest BCUT2D eigenvalue weighted by Gasteiger charge is -2.30. The molecule has 2 heteroatoms. The Bertz CT molecular complexity index is 307. The van der Waals surface area contributed by atoms with Gasteiger partial charge in [0.2, 0.25) is 0 Å². The number of ketones is 1. The first kappa shape index (κ1) is 6.99. The van der Waals surface area contributed by atoms with Crippen molar-refractivity contribution >= 4 is 5.78 Å². The van der Waals surface area contributed by atoms with E-state index in [1.54, 1.807) is 0 Å². The Morgan fingerprint density at radius 3 is 3.00 bits per heavy atom. The smallest absolute Gasteiger partial charge is 0.139 e. The molecular weight excluding hydrogens is 164 g/mol. The maximum atomic E-state index is 11.7. The molecular formula is C11H14O2. The predicted molar refractivity (Wildman–Crippen MR) is 45.9 cm³/mol. The van der Waals surface area contributed by atoms with Crippen LogP contribution in [-0.4, -0.2) is 16.5 Å². The second kappa shape index (κ2) is 1.72. The van der Waals surface area contributed by atoms with E-state index in [9.17, 15) is 9.90 Å². The van der Waals surface area contributed by atoms with Gasteiger partial charge in [0, 0.05) is 12.3 Å². The molecule has 13 heavy (non-hydrogen) atoms. The Balaban J connectivity index is 1.93. The minimum Gasteiger partial charge on any atom is -0.389 e. The van der Waals surface area contributed by atoms with Crippen LogP contribution >= 0.6 is 0 Å². The number of fused-ring (bicyclic) bond motifs is 2. The number of carbonyl (C=O) groups is 1. The third-order valence-corrected chi connectivity index (χ3v) is 5.23. The van der Waals surface area contributed by atoms with E-state index in [0.29, 0.717) is 23.5 Å². The number of Topliss-reactive ketones (excluding diaryl/α,β-unsaturated/α-hetero) is 1. The van der Waals surface area contributed by atoms with Crippen molar-refractivity contribution in [2.75, 3.05) is 0 Å². The van der Waals surface area contributed by atoms with Crippen LogP contribution in [0.15, 0.2) is 0 Å². The van der Waals surface area contributed by atoms with Crippen LogP contribution in [0.25, 0.3) is 0 Å². The van der Waals surface area contributed by atoms with Gasteiger partial charge in [-0.15, -0.1) is 0 Å². The van der Waals surface area contributed by atoms with Gasteiger partial charge in [-0.05, 0) is 42.9 Å². The van der Waals surface area contributed by atoms with Gasteiger partial charge < -0.3 is 5.11 Å². The van der Waals surface area contributed by atoms with E-state index in [1.807, 2.05) is 0 Å². The lowest BCUT2D eigenvalue weighted by Crippen LogP contribution is -2.38. The largest absolute Gasteiger partial charge is 0.389 e. The molecule has 0 amide bonds. The fourth-order valence-electron chi connectivity index (χ4n) is 5.12. The van der Waals surface area contributed by atoms with Crippen molar-refractivity contribution in [2.24, 2.45) is 29.6 Å². The highest BCUT2D eigenvalue weighted by Gasteiger charge is 2.71. The number of hydrogen-bond donors (Lipinski definition) is 1. The Hall–Kier alpha value is -0.370. The van der Waals surface area contributed by atoms with E-state index in [1.165, 1.54) is 6.42 Å². The molecule has 0 aromatic heterocycles. The molecule has 0 unspecified atom stereocenters. The lowest BCUT2D eigenvalue weighted by atomic mass is 9.78. The predicted octanol–water partition coefficient (Wildman–Crippen LogP) is 0.982. The Labute approximate surface area is 77.3 Å². The lowest BCUT2D eigenvalue weighted by molar-refractivity contribution is -0.129. The molecule has 0 saturated heterocycles. The average molecular weight is 178 g/mol. The van der Waals surface area contributed by atoms with Crippen molar-refractivity contribution < 1.29 is 9.90 Å². The fourth-order valence-corrected chi connectivity index (χ4v) is 5.12. The van der Waals surface area contributed by atoms with E-state index in [4.69, 9.17) is 0 Å². The van der Waals surface area contributed by atoms with Crippen LogP contribution in [0, 0.1) is 29.6 Å².